The van der Waals surface area contributed by atoms with E-state index < -0.39 is 0 Å². The number of anilines is 2. The van der Waals surface area contributed by atoms with Gasteiger partial charge in [-0.2, -0.15) is 0 Å². The number of nitrogens with zero attached hydrogens (tertiary/aromatic N) is 2. The number of pyridine rings is 1. The molecule has 6 heteroatoms. The second-order valence-electron chi connectivity index (χ2n) is 5.80. The maximum atomic E-state index is 12.5. The molecule has 1 amide bonds. The standard InChI is InChI=1S/C19H25N3O3/c1-5-6-12-25-15-11-10-14(13-16(15)24-4)19(23)21-17-8-7-9-18(20-17)22(2)3/h7-11,13H,5-6,12H2,1-4H3,(H,20,21,23). The lowest BCUT2D eigenvalue weighted by molar-refractivity contribution is 0.102. The molecule has 0 aliphatic rings. The van der Waals surface area contributed by atoms with Crippen LogP contribution in [0.4, 0.5) is 11.6 Å². The first-order chi connectivity index (χ1) is 12.0. The zero-order valence-electron chi connectivity index (χ0n) is 15.2. The minimum atomic E-state index is -0.248. The number of carbonyl (C=O) groups excluding carboxylic acids is 1. The zero-order valence-corrected chi connectivity index (χ0v) is 15.2. The molecule has 2 rings (SSSR count). The fourth-order valence-corrected chi connectivity index (χ4v) is 2.18. The Hall–Kier alpha value is -2.76. The van der Waals surface area contributed by atoms with Gasteiger partial charge in [0.1, 0.15) is 11.6 Å². The lowest BCUT2D eigenvalue weighted by Gasteiger charge is -2.14. The molecule has 0 unspecified atom stereocenters. The number of ether oxygens (including phenoxy) is 2. The Balaban J connectivity index is 2.12. The van der Waals surface area contributed by atoms with Gasteiger partial charge < -0.3 is 19.7 Å². The van der Waals surface area contributed by atoms with Gasteiger partial charge in [-0.25, -0.2) is 4.98 Å². The molecular weight excluding hydrogens is 318 g/mol. The number of benzene rings is 1. The molecule has 1 aromatic heterocycles. The molecule has 0 spiro atoms. The predicted octanol–water partition coefficient (Wildman–Crippen LogP) is 3.59. The van der Waals surface area contributed by atoms with Gasteiger partial charge in [0.25, 0.3) is 5.91 Å². The van der Waals surface area contributed by atoms with Crippen LogP contribution in [0.15, 0.2) is 36.4 Å². The Morgan fingerprint density at radius 1 is 1.20 bits per heavy atom. The molecule has 25 heavy (non-hydrogen) atoms. The summed E-state index contributed by atoms with van der Waals surface area (Å²) in [6.07, 6.45) is 2.03. The number of carbonyl (C=O) groups is 1. The van der Waals surface area contributed by atoms with Crippen molar-refractivity contribution in [3.63, 3.8) is 0 Å². The van der Waals surface area contributed by atoms with Gasteiger partial charge in [0.05, 0.1) is 13.7 Å². The lowest BCUT2D eigenvalue weighted by atomic mass is 10.2. The van der Waals surface area contributed by atoms with Crippen LogP contribution < -0.4 is 19.7 Å². The van der Waals surface area contributed by atoms with Gasteiger partial charge in [-0.15, -0.1) is 0 Å². The Morgan fingerprint density at radius 3 is 2.68 bits per heavy atom. The molecule has 2 aromatic rings. The molecule has 1 heterocycles. The van der Waals surface area contributed by atoms with E-state index in [1.807, 2.05) is 31.1 Å². The fourth-order valence-electron chi connectivity index (χ4n) is 2.18. The van der Waals surface area contributed by atoms with Gasteiger partial charge in [-0.05, 0) is 36.8 Å². The van der Waals surface area contributed by atoms with E-state index in [-0.39, 0.29) is 5.91 Å². The van der Waals surface area contributed by atoms with E-state index in [2.05, 4.69) is 17.2 Å². The van der Waals surface area contributed by atoms with Crippen molar-refractivity contribution in [2.24, 2.45) is 0 Å². The third-order valence-electron chi connectivity index (χ3n) is 3.62. The monoisotopic (exact) mass is 343 g/mol. The van der Waals surface area contributed by atoms with Crippen LogP contribution in [0.5, 0.6) is 11.5 Å². The van der Waals surface area contributed by atoms with Crippen LogP contribution >= 0.6 is 0 Å². The number of unbranched alkanes of at least 4 members (excludes halogenated alkanes) is 1. The zero-order chi connectivity index (χ0) is 18.2. The first-order valence-electron chi connectivity index (χ1n) is 8.31. The minimum absolute atomic E-state index is 0.248. The van der Waals surface area contributed by atoms with E-state index in [9.17, 15) is 4.79 Å². The molecule has 0 saturated heterocycles. The Kier molecular flexibility index (Phi) is 6.62. The SMILES string of the molecule is CCCCOc1ccc(C(=O)Nc2cccc(N(C)C)n2)cc1OC. The summed E-state index contributed by atoms with van der Waals surface area (Å²) < 4.78 is 11.0. The Morgan fingerprint density at radius 2 is 2.00 bits per heavy atom. The topological polar surface area (TPSA) is 63.7 Å². The van der Waals surface area contributed by atoms with E-state index >= 15 is 0 Å². The second kappa shape index (κ2) is 8.92. The van der Waals surface area contributed by atoms with Crippen LogP contribution in [-0.2, 0) is 0 Å². The van der Waals surface area contributed by atoms with Gasteiger partial charge in [-0.3, -0.25) is 4.79 Å². The number of hydrogen-bond donors (Lipinski definition) is 1. The molecule has 1 aromatic carbocycles. The largest absolute Gasteiger partial charge is 0.493 e. The number of nitrogens with one attached hydrogen (secondary N) is 1. The molecule has 0 radical (unpaired) electrons. The first kappa shape index (κ1) is 18.6. The van der Waals surface area contributed by atoms with Crippen LogP contribution in [0.3, 0.4) is 0 Å². The van der Waals surface area contributed by atoms with Crippen LogP contribution in [0, 0.1) is 0 Å². The highest BCUT2D eigenvalue weighted by Gasteiger charge is 2.12. The van der Waals surface area contributed by atoms with E-state index in [1.54, 1.807) is 31.4 Å². The van der Waals surface area contributed by atoms with Crippen molar-refractivity contribution in [1.29, 1.82) is 0 Å². The molecule has 6 nitrogen and oxygen atoms in total. The van der Waals surface area contributed by atoms with Gasteiger partial charge in [0.2, 0.25) is 0 Å². The highest BCUT2D eigenvalue weighted by Crippen LogP contribution is 2.28. The van der Waals surface area contributed by atoms with E-state index in [0.29, 0.717) is 29.5 Å². The number of hydrogen-bond acceptors (Lipinski definition) is 5. The highest BCUT2D eigenvalue weighted by molar-refractivity contribution is 6.04. The van der Waals surface area contributed by atoms with Crippen molar-refractivity contribution in [3.05, 3.63) is 42.0 Å². The minimum Gasteiger partial charge on any atom is -0.493 e. The van der Waals surface area contributed by atoms with E-state index in [1.165, 1.54) is 0 Å². The normalized spacial score (nSPS) is 10.2. The quantitative estimate of drug-likeness (QED) is 0.742. The predicted molar refractivity (Wildman–Crippen MR) is 99.9 cm³/mol. The summed E-state index contributed by atoms with van der Waals surface area (Å²) in [4.78, 5) is 18.7. The molecule has 0 atom stereocenters. The van der Waals surface area contributed by atoms with Crippen LogP contribution in [0.2, 0.25) is 0 Å². The molecule has 0 aliphatic carbocycles. The van der Waals surface area contributed by atoms with Gasteiger partial charge in [-0.1, -0.05) is 19.4 Å². The average Bonchev–Trinajstić information content (AvgIpc) is 2.62. The highest BCUT2D eigenvalue weighted by atomic mass is 16.5. The van der Waals surface area contributed by atoms with E-state index in [4.69, 9.17) is 9.47 Å². The molecule has 0 aliphatic heterocycles. The molecule has 0 fully saturated rings. The summed E-state index contributed by atoms with van der Waals surface area (Å²) in [5.74, 6) is 2.20. The van der Waals surface area contributed by atoms with Crippen molar-refractivity contribution >= 4 is 17.5 Å². The van der Waals surface area contributed by atoms with Crippen LogP contribution in [-0.4, -0.2) is 38.7 Å². The summed E-state index contributed by atoms with van der Waals surface area (Å²) in [6, 6.07) is 10.6. The molecule has 1 N–H and O–H groups in total. The summed E-state index contributed by atoms with van der Waals surface area (Å²) in [5.41, 5.74) is 0.483. The summed E-state index contributed by atoms with van der Waals surface area (Å²) >= 11 is 0. The van der Waals surface area contributed by atoms with Gasteiger partial charge in [0.15, 0.2) is 11.5 Å². The Labute approximate surface area is 148 Å². The van der Waals surface area contributed by atoms with Crippen molar-refractivity contribution in [3.8, 4) is 11.5 Å². The number of aromatic nitrogens is 1. The number of amides is 1. The second-order valence-corrected chi connectivity index (χ2v) is 5.80. The molecule has 0 bridgehead atoms. The van der Waals surface area contributed by atoms with Crippen molar-refractivity contribution in [2.45, 2.75) is 19.8 Å². The van der Waals surface area contributed by atoms with E-state index in [0.717, 1.165) is 18.7 Å². The van der Waals surface area contributed by atoms with Crippen molar-refractivity contribution < 1.29 is 14.3 Å². The third-order valence-corrected chi connectivity index (χ3v) is 3.62. The third kappa shape index (κ3) is 5.11. The van der Waals surface area contributed by atoms with Crippen molar-refractivity contribution in [1.82, 2.24) is 4.98 Å². The van der Waals surface area contributed by atoms with Gasteiger partial charge >= 0.3 is 0 Å². The fraction of sp³-hybridized carbons (Fsp3) is 0.368. The number of rotatable bonds is 8. The molecular formula is C19H25N3O3. The summed E-state index contributed by atoms with van der Waals surface area (Å²) in [7, 11) is 5.36. The van der Waals surface area contributed by atoms with Crippen molar-refractivity contribution in [2.75, 3.05) is 38.0 Å². The first-order valence-corrected chi connectivity index (χ1v) is 8.31. The number of methoxy groups -OCH3 is 1. The Bertz CT molecular complexity index is 717. The lowest BCUT2D eigenvalue weighted by Crippen LogP contribution is -2.15. The summed E-state index contributed by atoms with van der Waals surface area (Å²) in [5, 5.41) is 2.80. The average molecular weight is 343 g/mol. The summed E-state index contributed by atoms with van der Waals surface area (Å²) in [6.45, 7) is 2.73. The smallest absolute Gasteiger partial charge is 0.256 e. The maximum absolute atomic E-state index is 12.5. The van der Waals surface area contributed by atoms with Crippen LogP contribution in [0.1, 0.15) is 30.1 Å². The van der Waals surface area contributed by atoms with Gasteiger partial charge in [0, 0.05) is 19.7 Å². The maximum Gasteiger partial charge on any atom is 0.256 e. The molecule has 0 saturated carbocycles. The van der Waals surface area contributed by atoms with Crippen LogP contribution in [0.25, 0.3) is 0 Å². The molecule has 134 valence electrons.